The molecule has 124 valence electrons. The van der Waals surface area contributed by atoms with Crippen molar-refractivity contribution in [1.82, 2.24) is 10.2 Å². The first-order valence-corrected chi connectivity index (χ1v) is 9.07. The predicted octanol–water partition coefficient (Wildman–Crippen LogP) is 1.87. The molecule has 2 rings (SSSR count). The molecule has 0 aromatic heterocycles. The summed E-state index contributed by atoms with van der Waals surface area (Å²) in [6.45, 7) is 7.10. The van der Waals surface area contributed by atoms with Crippen molar-refractivity contribution in [2.75, 3.05) is 31.1 Å². The zero-order valence-corrected chi connectivity index (χ0v) is 14.9. The minimum atomic E-state index is -0.384. The van der Waals surface area contributed by atoms with Crippen LogP contribution in [0.3, 0.4) is 0 Å². The molecular weight excluding hydrogens is 306 g/mol. The lowest BCUT2D eigenvalue weighted by molar-refractivity contribution is -0.123. The molecule has 1 saturated carbocycles. The summed E-state index contributed by atoms with van der Waals surface area (Å²) < 4.78 is 0. The SMILES string of the molecule is CC(C)[C@H](N)C(=O)NCC1(N2CCSCC2)CCCC1.Cl. The van der Waals surface area contributed by atoms with Crippen molar-refractivity contribution in [3.63, 3.8) is 0 Å². The summed E-state index contributed by atoms with van der Waals surface area (Å²) in [5.74, 6) is 2.65. The van der Waals surface area contributed by atoms with Gasteiger partial charge in [0.05, 0.1) is 6.04 Å². The summed E-state index contributed by atoms with van der Waals surface area (Å²) in [7, 11) is 0. The summed E-state index contributed by atoms with van der Waals surface area (Å²) in [4.78, 5) is 14.7. The van der Waals surface area contributed by atoms with Crippen molar-refractivity contribution in [1.29, 1.82) is 0 Å². The third kappa shape index (κ3) is 4.75. The monoisotopic (exact) mass is 335 g/mol. The predicted molar refractivity (Wildman–Crippen MR) is 93.2 cm³/mol. The van der Waals surface area contributed by atoms with E-state index in [4.69, 9.17) is 5.73 Å². The fraction of sp³-hybridized carbons (Fsp3) is 0.933. The summed E-state index contributed by atoms with van der Waals surface area (Å²) in [5.41, 5.74) is 6.14. The Morgan fingerprint density at radius 3 is 2.38 bits per heavy atom. The molecule has 1 atom stereocenters. The maximum atomic E-state index is 12.1. The third-order valence-corrected chi connectivity index (χ3v) is 5.77. The number of hydrogen-bond acceptors (Lipinski definition) is 4. The van der Waals surface area contributed by atoms with Crippen LogP contribution in [-0.4, -0.2) is 53.5 Å². The Hall–Kier alpha value is 0.0300. The highest BCUT2D eigenvalue weighted by Gasteiger charge is 2.40. The molecule has 1 aliphatic heterocycles. The van der Waals surface area contributed by atoms with Crippen LogP contribution in [0.25, 0.3) is 0 Å². The van der Waals surface area contributed by atoms with Crippen molar-refractivity contribution in [2.24, 2.45) is 11.7 Å². The van der Waals surface area contributed by atoms with E-state index in [0.29, 0.717) is 0 Å². The summed E-state index contributed by atoms with van der Waals surface area (Å²) in [6, 6.07) is -0.384. The first-order chi connectivity index (χ1) is 9.55. The van der Waals surface area contributed by atoms with Crippen LogP contribution in [0.2, 0.25) is 0 Å². The number of hydrogen-bond donors (Lipinski definition) is 2. The summed E-state index contributed by atoms with van der Waals surface area (Å²) in [5, 5.41) is 3.13. The van der Waals surface area contributed by atoms with Gasteiger partial charge in [-0.2, -0.15) is 11.8 Å². The number of rotatable bonds is 5. The number of carbonyl (C=O) groups excluding carboxylic acids is 1. The Morgan fingerprint density at radius 2 is 1.86 bits per heavy atom. The van der Waals surface area contributed by atoms with Crippen molar-refractivity contribution in [3.05, 3.63) is 0 Å². The van der Waals surface area contributed by atoms with Gasteiger partial charge >= 0.3 is 0 Å². The van der Waals surface area contributed by atoms with E-state index in [-0.39, 0.29) is 35.8 Å². The van der Waals surface area contributed by atoms with E-state index in [2.05, 4.69) is 10.2 Å². The van der Waals surface area contributed by atoms with Gasteiger partial charge in [0, 0.05) is 36.7 Å². The van der Waals surface area contributed by atoms with Gasteiger partial charge in [-0.1, -0.05) is 26.7 Å². The molecule has 1 aliphatic carbocycles. The van der Waals surface area contributed by atoms with E-state index in [1.807, 2.05) is 25.6 Å². The van der Waals surface area contributed by atoms with Crippen molar-refractivity contribution >= 4 is 30.1 Å². The molecule has 0 unspecified atom stereocenters. The normalized spacial score (nSPS) is 23.6. The van der Waals surface area contributed by atoms with Crippen molar-refractivity contribution in [2.45, 2.75) is 51.1 Å². The average molecular weight is 336 g/mol. The smallest absolute Gasteiger partial charge is 0.237 e. The molecule has 0 radical (unpaired) electrons. The summed E-state index contributed by atoms with van der Waals surface area (Å²) in [6.07, 6.45) is 5.01. The van der Waals surface area contributed by atoms with Gasteiger partial charge in [0.1, 0.15) is 0 Å². The lowest BCUT2D eigenvalue weighted by Gasteiger charge is -2.43. The number of thioether (sulfide) groups is 1. The Bertz CT molecular complexity index is 329. The van der Waals surface area contributed by atoms with Gasteiger partial charge < -0.3 is 11.1 Å². The Balaban J connectivity index is 0.00000220. The van der Waals surface area contributed by atoms with E-state index < -0.39 is 0 Å². The van der Waals surface area contributed by atoms with Crippen LogP contribution in [0.4, 0.5) is 0 Å². The van der Waals surface area contributed by atoms with Gasteiger partial charge in [-0.05, 0) is 18.8 Å². The minimum absolute atomic E-state index is 0. The third-order valence-electron chi connectivity index (χ3n) is 4.83. The van der Waals surface area contributed by atoms with Crippen LogP contribution in [0, 0.1) is 5.92 Å². The maximum Gasteiger partial charge on any atom is 0.237 e. The van der Waals surface area contributed by atoms with E-state index in [0.717, 1.165) is 19.6 Å². The van der Waals surface area contributed by atoms with Crippen LogP contribution in [0.1, 0.15) is 39.5 Å². The quantitative estimate of drug-likeness (QED) is 0.805. The molecule has 1 saturated heterocycles. The van der Waals surface area contributed by atoms with Gasteiger partial charge in [-0.25, -0.2) is 0 Å². The summed E-state index contributed by atoms with van der Waals surface area (Å²) >= 11 is 2.04. The van der Waals surface area contributed by atoms with Crippen LogP contribution in [0.5, 0.6) is 0 Å². The molecule has 2 fully saturated rings. The highest BCUT2D eigenvalue weighted by atomic mass is 35.5. The Labute approximate surface area is 139 Å². The topological polar surface area (TPSA) is 58.4 Å². The zero-order chi connectivity index (χ0) is 14.6. The van der Waals surface area contributed by atoms with Crippen LogP contribution >= 0.6 is 24.2 Å². The molecule has 0 aromatic rings. The highest BCUT2D eigenvalue weighted by Crippen LogP contribution is 2.36. The van der Waals surface area contributed by atoms with Crippen molar-refractivity contribution in [3.8, 4) is 0 Å². The molecular formula is C15H30ClN3OS. The zero-order valence-electron chi connectivity index (χ0n) is 13.3. The minimum Gasteiger partial charge on any atom is -0.353 e. The van der Waals surface area contributed by atoms with E-state index >= 15 is 0 Å². The number of halogens is 1. The number of carbonyl (C=O) groups is 1. The molecule has 1 heterocycles. The van der Waals surface area contributed by atoms with Crippen LogP contribution in [0.15, 0.2) is 0 Å². The standard InChI is InChI=1S/C15H29N3OS.ClH/c1-12(2)13(16)14(19)17-11-15(5-3-4-6-15)18-7-9-20-10-8-18;/h12-13H,3-11,16H2,1-2H3,(H,17,19);1H/t13-;/m0./s1. The first-order valence-electron chi connectivity index (χ1n) is 7.91. The van der Waals surface area contributed by atoms with Crippen LogP contribution < -0.4 is 11.1 Å². The number of nitrogens with zero attached hydrogens (tertiary/aromatic N) is 1. The highest BCUT2D eigenvalue weighted by molar-refractivity contribution is 7.99. The number of amides is 1. The second kappa shape index (κ2) is 8.61. The molecule has 0 spiro atoms. The molecule has 0 bridgehead atoms. The van der Waals surface area contributed by atoms with Crippen LogP contribution in [-0.2, 0) is 4.79 Å². The second-order valence-electron chi connectivity index (χ2n) is 6.52. The van der Waals surface area contributed by atoms with Gasteiger partial charge in [0.15, 0.2) is 0 Å². The fourth-order valence-electron chi connectivity index (χ4n) is 3.35. The van der Waals surface area contributed by atoms with E-state index in [1.165, 1.54) is 37.2 Å². The lowest BCUT2D eigenvalue weighted by atomic mass is 9.94. The van der Waals surface area contributed by atoms with Crippen molar-refractivity contribution < 1.29 is 4.79 Å². The largest absolute Gasteiger partial charge is 0.353 e. The molecule has 21 heavy (non-hydrogen) atoms. The van der Waals surface area contributed by atoms with Gasteiger partial charge in [0.2, 0.25) is 5.91 Å². The van der Waals surface area contributed by atoms with Gasteiger partial charge in [-0.3, -0.25) is 9.69 Å². The average Bonchev–Trinajstić information content (AvgIpc) is 2.95. The Morgan fingerprint density at radius 1 is 1.29 bits per heavy atom. The maximum absolute atomic E-state index is 12.1. The molecule has 2 aliphatic rings. The Kier molecular flexibility index (Phi) is 7.82. The first kappa shape index (κ1) is 19.1. The van der Waals surface area contributed by atoms with Gasteiger partial charge in [-0.15, -0.1) is 12.4 Å². The molecule has 3 N–H and O–H groups in total. The fourth-order valence-corrected chi connectivity index (χ4v) is 4.25. The second-order valence-corrected chi connectivity index (χ2v) is 7.74. The van der Waals surface area contributed by atoms with E-state index in [1.54, 1.807) is 0 Å². The molecule has 6 heteroatoms. The van der Waals surface area contributed by atoms with E-state index in [9.17, 15) is 4.79 Å². The molecule has 0 aromatic carbocycles. The molecule has 4 nitrogen and oxygen atoms in total. The van der Waals surface area contributed by atoms with Gasteiger partial charge in [0.25, 0.3) is 0 Å². The molecule has 1 amide bonds. The number of nitrogens with two attached hydrogens (primary N) is 1. The number of nitrogens with one attached hydrogen (secondary N) is 1. The lowest BCUT2D eigenvalue weighted by Crippen LogP contribution is -2.58.